The molecule has 148 valence electrons. The lowest BCUT2D eigenvalue weighted by molar-refractivity contribution is 0.0606. The summed E-state index contributed by atoms with van der Waals surface area (Å²) < 4.78 is 11.2. The van der Waals surface area contributed by atoms with Crippen LogP contribution in [0.4, 0.5) is 0 Å². The van der Waals surface area contributed by atoms with Gasteiger partial charge in [0.25, 0.3) is 0 Å². The van der Waals surface area contributed by atoms with Crippen molar-refractivity contribution in [3.63, 3.8) is 0 Å². The second-order valence-electron chi connectivity index (χ2n) is 6.20. The molecular weight excluding hydrogens is 404 g/mol. The van der Waals surface area contributed by atoms with Crippen molar-refractivity contribution in [2.45, 2.75) is 0 Å². The molecule has 0 saturated carbocycles. The van der Waals surface area contributed by atoms with Crippen molar-refractivity contribution >= 4 is 67.3 Å². The van der Waals surface area contributed by atoms with Crippen LogP contribution in [0.25, 0.3) is 32.3 Å². The Kier molecular flexibility index (Phi) is 6.93. The minimum Gasteiger partial charge on any atom is -0.465 e. The Hall–Kier alpha value is -2.80. The number of rotatable bonds is 4. The fourth-order valence-electron chi connectivity index (χ4n) is 2.78. The molecule has 0 aliphatic carbocycles. The van der Waals surface area contributed by atoms with Crippen LogP contribution in [0, 0.1) is 0 Å². The number of carbonyl (C=O) groups excluding carboxylic acids is 2. The number of aldehydes is 1. The van der Waals surface area contributed by atoms with Gasteiger partial charge in [0.05, 0.1) is 12.0 Å². The summed E-state index contributed by atoms with van der Waals surface area (Å²) in [5.41, 5.74) is 2.15. The van der Waals surface area contributed by atoms with Crippen LogP contribution >= 0.6 is 22.7 Å². The highest BCUT2D eigenvalue weighted by molar-refractivity contribution is 7.21. The Morgan fingerprint density at radius 2 is 1.38 bits per heavy atom. The SMILES string of the molecule is COC.COC(=O)c1cc2ccc(/C=C\c3ccc4cc(C=O)sc4c3)cc2s1. The van der Waals surface area contributed by atoms with Crippen LogP contribution in [-0.4, -0.2) is 33.6 Å². The number of methoxy groups -OCH3 is 2. The van der Waals surface area contributed by atoms with Gasteiger partial charge in [-0.25, -0.2) is 4.79 Å². The second kappa shape index (κ2) is 9.60. The van der Waals surface area contributed by atoms with Crippen molar-refractivity contribution in [3.05, 3.63) is 69.4 Å². The minimum absolute atomic E-state index is 0.303. The van der Waals surface area contributed by atoms with Gasteiger partial charge in [-0.3, -0.25) is 4.79 Å². The zero-order valence-corrected chi connectivity index (χ0v) is 17.9. The van der Waals surface area contributed by atoms with E-state index in [9.17, 15) is 9.59 Å². The molecule has 0 fully saturated rings. The Bertz CT molecular complexity index is 1180. The van der Waals surface area contributed by atoms with Crippen LogP contribution in [0.15, 0.2) is 48.5 Å². The number of benzene rings is 2. The lowest BCUT2D eigenvalue weighted by Gasteiger charge is -1.96. The van der Waals surface area contributed by atoms with Crippen molar-refractivity contribution in [2.75, 3.05) is 21.3 Å². The average Bonchev–Trinajstić information content (AvgIpc) is 3.35. The molecule has 4 aromatic rings. The molecule has 4 nitrogen and oxygen atoms in total. The zero-order valence-electron chi connectivity index (χ0n) is 16.3. The molecule has 6 heteroatoms. The molecule has 0 saturated heterocycles. The Morgan fingerprint density at radius 1 is 0.828 bits per heavy atom. The monoisotopic (exact) mass is 424 g/mol. The number of ether oxygens (including phenoxy) is 2. The standard InChI is InChI=1S/C21H14O3S2.C2H6O/c1-24-21(23)20-11-16-7-5-14(9-19(16)26-20)3-2-13-4-6-15-10-17(12-22)25-18(15)8-13;1-3-2/h2-12H,1H3;1-2H3/b3-2-;. The first kappa shape index (κ1) is 20.9. The number of esters is 1. The lowest BCUT2D eigenvalue weighted by Crippen LogP contribution is -1.96. The quantitative estimate of drug-likeness (QED) is 0.224. The van der Waals surface area contributed by atoms with Gasteiger partial charge in [-0.1, -0.05) is 36.4 Å². The summed E-state index contributed by atoms with van der Waals surface area (Å²) in [5.74, 6) is -0.303. The molecule has 0 bridgehead atoms. The third kappa shape index (κ3) is 4.98. The van der Waals surface area contributed by atoms with E-state index in [1.54, 1.807) is 14.2 Å². The summed E-state index contributed by atoms with van der Waals surface area (Å²) in [6, 6.07) is 16.0. The summed E-state index contributed by atoms with van der Waals surface area (Å²) in [7, 11) is 4.64. The van der Waals surface area contributed by atoms with Gasteiger partial charge in [0.2, 0.25) is 0 Å². The van der Waals surface area contributed by atoms with Gasteiger partial charge in [0.1, 0.15) is 4.88 Å². The van der Waals surface area contributed by atoms with Gasteiger partial charge in [-0.05, 0) is 46.2 Å². The molecule has 4 rings (SSSR count). The van der Waals surface area contributed by atoms with Gasteiger partial charge in [-0.15, -0.1) is 22.7 Å². The van der Waals surface area contributed by atoms with Crippen molar-refractivity contribution in [1.82, 2.24) is 0 Å². The topological polar surface area (TPSA) is 52.6 Å². The number of hydrogen-bond acceptors (Lipinski definition) is 6. The predicted molar refractivity (Wildman–Crippen MR) is 122 cm³/mol. The highest BCUT2D eigenvalue weighted by Gasteiger charge is 2.10. The molecular formula is C23H20O4S2. The molecule has 2 aromatic carbocycles. The first-order valence-corrected chi connectivity index (χ1v) is 10.4. The Balaban J connectivity index is 0.000000755. The number of fused-ring (bicyclic) bond motifs is 2. The van der Waals surface area contributed by atoms with Crippen LogP contribution in [0.1, 0.15) is 30.5 Å². The summed E-state index contributed by atoms with van der Waals surface area (Å²) in [6.07, 6.45) is 4.99. The van der Waals surface area contributed by atoms with E-state index in [0.717, 1.165) is 42.5 Å². The predicted octanol–water partition coefficient (Wildman–Crippen LogP) is 6.15. The van der Waals surface area contributed by atoms with E-state index >= 15 is 0 Å². The molecule has 0 aliphatic rings. The van der Waals surface area contributed by atoms with Crippen molar-refractivity contribution in [1.29, 1.82) is 0 Å². The highest BCUT2D eigenvalue weighted by Crippen LogP contribution is 2.29. The van der Waals surface area contributed by atoms with Crippen molar-refractivity contribution < 1.29 is 19.1 Å². The summed E-state index contributed by atoms with van der Waals surface area (Å²) >= 11 is 2.93. The number of carbonyl (C=O) groups is 2. The molecule has 0 amide bonds. The van der Waals surface area contributed by atoms with E-state index in [4.69, 9.17) is 4.74 Å². The van der Waals surface area contributed by atoms with Gasteiger partial charge in [0, 0.05) is 23.6 Å². The van der Waals surface area contributed by atoms with Crippen LogP contribution in [0.5, 0.6) is 0 Å². The van der Waals surface area contributed by atoms with Crippen molar-refractivity contribution in [3.8, 4) is 0 Å². The van der Waals surface area contributed by atoms with Crippen LogP contribution in [-0.2, 0) is 9.47 Å². The summed E-state index contributed by atoms with van der Waals surface area (Å²) in [6.45, 7) is 0. The van der Waals surface area contributed by atoms with Crippen LogP contribution in [0.2, 0.25) is 0 Å². The fraction of sp³-hybridized carbons (Fsp3) is 0.130. The maximum atomic E-state index is 11.7. The largest absolute Gasteiger partial charge is 0.465 e. The van der Waals surface area contributed by atoms with E-state index in [0.29, 0.717) is 4.88 Å². The first-order valence-electron chi connectivity index (χ1n) is 8.77. The molecule has 0 radical (unpaired) electrons. The Labute approximate surface area is 177 Å². The molecule has 0 atom stereocenters. The van der Waals surface area contributed by atoms with Gasteiger partial charge >= 0.3 is 5.97 Å². The molecule has 0 spiro atoms. The van der Waals surface area contributed by atoms with Crippen molar-refractivity contribution in [2.24, 2.45) is 0 Å². The maximum Gasteiger partial charge on any atom is 0.348 e. The second-order valence-corrected chi connectivity index (χ2v) is 8.40. The maximum absolute atomic E-state index is 11.7. The lowest BCUT2D eigenvalue weighted by atomic mass is 10.1. The third-order valence-corrected chi connectivity index (χ3v) is 6.18. The van der Waals surface area contributed by atoms with Gasteiger partial charge in [-0.2, -0.15) is 0 Å². The average molecular weight is 425 g/mol. The van der Waals surface area contributed by atoms with Gasteiger partial charge < -0.3 is 9.47 Å². The molecule has 0 unspecified atom stereocenters. The number of thiophene rings is 2. The van der Waals surface area contributed by atoms with E-state index in [1.807, 2.05) is 42.5 Å². The first-order chi connectivity index (χ1) is 14.1. The molecule has 0 N–H and O–H groups in total. The van der Waals surface area contributed by atoms with E-state index in [-0.39, 0.29) is 5.97 Å². The Morgan fingerprint density at radius 3 is 1.93 bits per heavy atom. The van der Waals surface area contributed by atoms with Crippen LogP contribution in [0.3, 0.4) is 0 Å². The highest BCUT2D eigenvalue weighted by atomic mass is 32.1. The summed E-state index contributed by atoms with van der Waals surface area (Å²) in [4.78, 5) is 23.9. The fourth-order valence-corrected chi connectivity index (χ4v) is 4.73. The smallest absolute Gasteiger partial charge is 0.348 e. The minimum atomic E-state index is -0.303. The summed E-state index contributed by atoms with van der Waals surface area (Å²) in [5, 5.41) is 2.12. The van der Waals surface area contributed by atoms with Gasteiger partial charge in [0.15, 0.2) is 6.29 Å². The zero-order chi connectivity index (χ0) is 20.8. The van der Waals surface area contributed by atoms with E-state index in [1.165, 1.54) is 29.8 Å². The normalized spacial score (nSPS) is 10.9. The molecule has 2 heterocycles. The van der Waals surface area contributed by atoms with Crippen LogP contribution < -0.4 is 0 Å². The molecule has 0 aliphatic heterocycles. The molecule has 2 aromatic heterocycles. The van der Waals surface area contributed by atoms with E-state index in [2.05, 4.69) is 22.9 Å². The number of hydrogen-bond donors (Lipinski definition) is 0. The third-order valence-electron chi connectivity index (χ3n) is 4.08. The van der Waals surface area contributed by atoms with E-state index < -0.39 is 0 Å². The molecule has 29 heavy (non-hydrogen) atoms.